The highest BCUT2D eigenvalue weighted by atomic mass is 15.2. The maximum atomic E-state index is 6.08. The minimum atomic E-state index is 0.432. The van der Waals surface area contributed by atoms with Crippen molar-refractivity contribution in [1.29, 1.82) is 0 Å². The predicted octanol–water partition coefficient (Wildman–Crippen LogP) is 1.45. The number of piperidine rings is 1. The molecular formula is C11H22N2. The van der Waals surface area contributed by atoms with E-state index in [1.807, 2.05) is 0 Å². The van der Waals surface area contributed by atoms with Crippen molar-refractivity contribution in [3.05, 3.63) is 0 Å². The Kier molecular flexibility index (Phi) is 2.61. The quantitative estimate of drug-likeness (QED) is 0.700. The number of likely N-dealkylation sites (tertiary alicyclic amines) is 1. The van der Waals surface area contributed by atoms with Crippen LogP contribution in [0.25, 0.3) is 0 Å². The minimum absolute atomic E-state index is 0.432. The zero-order valence-electron chi connectivity index (χ0n) is 8.87. The van der Waals surface area contributed by atoms with Crippen LogP contribution in [-0.2, 0) is 0 Å². The Bertz CT molecular complexity index is 165. The van der Waals surface area contributed by atoms with Gasteiger partial charge >= 0.3 is 0 Å². The van der Waals surface area contributed by atoms with Gasteiger partial charge in [-0.1, -0.05) is 13.8 Å². The van der Waals surface area contributed by atoms with Gasteiger partial charge in [-0.2, -0.15) is 0 Å². The summed E-state index contributed by atoms with van der Waals surface area (Å²) in [4.78, 5) is 2.62. The van der Waals surface area contributed by atoms with Crippen LogP contribution >= 0.6 is 0 Å². The first kappa shape index (κ1) is 9.47. The van der Waals surface area contributed by atoms with Gasteiger partial charge in [0.15, 0.2) is 0 Å². The molecule has 2 fully saturated rings. The SMILES string of the molecule is CC(C)C1CC(N)CN(C2CC2)C1. The van der Waals surface area contributed by atoms with E-state index >= 15 is 0 Å². The molecule has 0 amide bonds. The molecule has 1 aliphatic carbocycles. The summed E-state index contributed by atoms with van der Waals surface area (Å²) in [6, 6.07) is 1.33. The Morgan fingerprint density at radius 1 is 1.23 bits per heavy atom. The van der Waals surface area contributed by atoms with Crippen LogP contribution in [0.15, 0.2) is 0 Å². The van der Waals surface area contributed by atoms with E-state index < -0.39 is 0 Å². The second-order valence-corrected chi connectivity index (χ2v) is 5.18. The molecule has 2 nitrogen and oxygen atoms in total. The maximum absolute atomic E-state index is 6.08. The lowest BCUT2D eigenvalue weighted by atomic mass is 9.86. The van der Waals surface area contributed by atoms with Crippen LogP contribution in [0.2, 0.25) is 0 Å². The van der Waals surface area contributed by atoms with Crippen molar-refractivity contribution in [1.82, 2.24) is 4.90 Å². The van der Waals surface area contributed by atoms with Crippen molar-refractivity contribution in [2.75, 3.05) is 13.1 Å². The number of nitrogens with zero attached hydrogens (tertiary/aromatic N) is 1. The van der Waals surface area contributed by atoms with E-state index in [9.17, 15) is 0 Å². The molecule has 0 aromatic rings. The highest BCUT2D eigenvalue weighted by Crippen LogP contribution is 2.32. The molecule has 1 heterocycles. The molecule has 2 unspecified atom stereocenters. The molecule has 76 valence electrons. The van der Waals surface area contributed by atoms with E-state index in [1.54, 1.807) is 0 Å². The van der Waals surface area contributed by atoms with Crippen molar-refractivity contribution in [2.45, 2.75) is 45.2 Å². The Labute approximate surface area is 81.5 Å². The van der Waals surface area contributed by atoms with E-state index in [1.165, 1.54) is 25.8 Å². The Hall–Kier alpha value is -0.0800. The molecule has 0 spiro atoms. The topological polar surface area (TPSA) is 29.3 Å². The van der Waals surface area contributed by atoms with Crippen LogP contribution in [0.3, 0.4) is 0 Å². The molecule has 0 bridgehead atoms. The lowest BCUT2D eigenvalue weighted by molar-refractivity contribution is 0.123. The molecule has 1 saturated carbocycles. The van der Waals surface area contributed by atoms with Gasteiger partial charge in [0, 0.05) is 25.2 Å². The average Bonchev–Trinajstić information content (AvgIpc) is 2.85. The standard InChI is InChI=1S/C11H22N2/c1-8(2)9-5-10(12)7-13(6-9)11-3-4-11/h8-11H,3-7,12H2,1-2H3. The van der Waals surface area contributed by atoms with Gasteiger partial charge in [-0.15, -0.1) is 0 Å². The first-order chi connectivity index (χ1) is 6.16. The van der Waals surface area contributed by atoms with E-state index in [-0.39, 0.29) is 0 Å². The molecule has 2 rings (SSSR count). The lowest BCUT2D eigenvalue weighted by Crippen LogP contribution is -2.49. The second kappa shape index (κ2) is 3.58. The summed E-state index contributed by atoms with van der Waals surface area (Å²) in [7, 11) is 0. The predicted molar refractivity (Wildman–Crippen MR) is 55.5 cm³/mol. The van der Waals surface area contributed by atoms with Crippen molar-refractivity contribution < 1.29 is 0 Å². The van der Waals surface area contributed by atoms with Crippen LogP contribution in [0.5, 0.6) is 0 Å². The number of rotatable bonds is 2. The fourth-order valence-corrected chi connectivity index (χ4v) is 2.44. The lowest BCUT2D eigenvalue weighted by Gasteiger charge is -2.38. The molecule has 1 aliphatic heterocycles. The Morgan fingerprint density at radius 2 is 1.92 bits per heavy atom. The summed E-state index contributed by atoms with van der Waals surface area (Å²) in [6.07, 6.45) is 4.07. The highest BCUT2D eigenvalue weighted by molar-refractivity contribution is 4.91. The molecule has 1 saturated heterocycles. The van der Waals surface area contributed by atoms with Crippen LogP contribution < -0.4 is 5.73 Å². The van der Waals surface area contributed by atoms with Gasteiger partial charge in [0.05, 0.1) is 0 Å². The number of nitrogens with two attached hydrogens (primary N) is 1. The van der Waals surface area contributed by atoms with Crippen LogP contribution in [0, 0.1) is 11.8 Å². The van der Waals surface area contributed by atoms with Gasteiger partial charge in [0.25, 0.3) is 0 Å². The third kappa shape index (κ3) is 2.23. The van der Waals surface area contributed by atoms with Crippen molar-refractivity contribution in [3.8, 4) is 0 Å². The fraction of sp³-hybridized carbons (Fsp3) is 1.00. The molecule has 2 N–H and O–H groups in total. The van der Waals surface area contributed by atoms with Crippen LogP contribution in [0.4, 0.5) is 0 Å². The van der Waals surface area contributed by atoms with E-state index in [0.29, 0.717) is 6.04 Å². The second-order valence-electron chi connectivity index (χ2n) is 5.18. The monoisotopic (exact) mass is 182 g/mol. The Morgan fingerprint density at radius 3 is 2.46 bits per heavy atom. The molecule has 2 aliphatic rings. The summed E-state index contributed by atoms with van der Waals surface area (Å²) in [5.74, 6) is 1.64. The normalized spacial score (nSPS) is 36.9. The van der Waals surface area contributed by atoms with Crippen LogP contribution in [-0.4, -0.2) is 30.1 Å². The van der Waals surface area contributed by atoms with Crippen molar-refractivity contribution >= 4 is 0 Å². The minimum Gasteiger partial charge on any atom is -0.327 e. The summed E-state index contributed by atoms with van der Waals surface area (Å²) >= 11 is 0. The largest absolute Gasteiger partial charge is 0.327 e. The maximum Gasteiger partial charge on any atom is 0.0171 e. The van der Waals surface area contributed by atoms with E-state index in [4.69, 9.17) is 5.73 Å². The van der Waals surface area contributed by atoms with Gasteiger partial charge in [-0.3, -0.25) is 4.90 Å². The van der Waals surface area contributed by atoms with Gasteiger partial charge in [0.1, 0.15) is 0 Å². The van der Waals surface area contributed by atoms with Gasteiger partial charge in [0.2, 0.25) is 0 Å². The Balaban J connectivity index is 1.92. The summed E-state index contributed by atoms with van der Waals surface area (Å²) in [5.41, 5.74) is 6.08. The van der Waals surface area contributed by atoms with E-state index in [2.05, 4.69) is 18.7 Å². The van der Waals surface area contributed by atoms with Gasteiger partial charge in [-0.05, 0) is 31.1 Å². The zero-order valence-corrected chi connectivity index (χ0v) is 8.87. The smallest absolute Gasteiger partial charge is 0.0171 e. The first-order valence-electron chi connectivity index (χ1n) is 5.66. The molecule has 13 heavy (non-hydrogen) atoms. The molecule has 0 aromatic carbocycles. The third-order valence-corrected chi connectivity index (χ3v) is 3.55. The first-order valence-corrected chi connectivity index (χ1v) is 5.66. The number of hydrogen-bond donors (Lipinski definition) is 1. The molecular weight excluding hydrogens is 160 g/mol. The fourth-order valence-electron chi connectivity index (χ4n) is 2.44. The summed E-state index contributed by atoms with van der Waals surface area (Å²) < 4.78 is 0. The zero-order chi connectivity index (χ0) is 9.42. The third-order valence-electron chi connectivity index (χ3n) is 3.55. The van der Waals surface area contributed by atoms with Gasteiger partial charge in [-0.25, -0.2) is 0 Å². The molecule has 0 radical (unpaired) electrons. The summed E-state index contributed by atoms with van der Waals surface area (Å²) in [6.45, 7) is 7.10. The van der Waals surface area contributed by atoms with Crippen molar-refractivity contribution in [2.24, 2.45) is 17.6 Å². The van der Waals surface area contributed by atoms with Crippen molar-refractivity contribution in [3.63, 3.8) is 0 Å². The highest BCUT2D eigenvalue weighted by Gasteiger charge is 2.35. The molecule has 0 aromatic heterocycles. The van der Waals surface area contributed by atoms with Gasteiger partial charge < -0.3 is 5.73 Å². The summed E-state index contributed by atoms with van der Waals surface area (Å²) in [5, 5.41) is 0. The number of hydrogen-bond acceptors (Lipinski definition) is 2. The van der Waals surface area contributed by atoms with Crippen LogP contribution in [0.1, 0.15) is 33.1 Å². The average molecular weight is 182 g/mol. The van der Waals surface area contributed by atoms with E-state index in [0.717, 1.165) is 24.4 Å². The molecule has 2 heteroatoms. The molecule has 2 atom stereocenters.